The second kappa shape index (κ2) is 3.79. The van der Waals surface area contributed by atoms with Gasteiger partial charge >= 0.3 is 0 Å². The average Bonchev–Trinajstić information content (AvgIpc) is 2.70. The largest absolute Gasteiger partial charge is 0.371 e. The van der Waals surface area contributed by atoms with E-state index in [0.29, 0.717) is 6.54 Å². The predicted molar refractivity (Wildman–Crippen MR) is 55.5 cm³/mol. The van der Waals surface area contributed by atoms with Crippen LogP contribution in [0.4, 0.5) is 5.69 Å². The summed E-state index contributed by atoms with van der Waals surface area (Å²) in [5, 5.41) is 0. The van der Waals surface area contributed by atoms with E-state index in [-0.39, 0.29) is 0 Å². The first kappa shape index (κ1) is 8.57. The lowest BCUT2D eigenvalue weighted by Gasteiger charge is -2.20. The molecule has 13 heavy (non-hydrogen) atoms. The van der Waals surface area contributed by atoms with Gasteiger partial charge in [-0.15, -0.1) is 0 Å². The van der Waals surface area contributed by atoms with E-state index in [9.17, 15) is 0 Å². The first-order chi connectivity index (χ1) is 6.42. The fourth-order valence-electron chi connectivity index (χ4n) is 1.80. The van der Waals surface area contributed by atoms with Crippen LogP contribution in [0, 0.1) is 6.42 Å². The molecule has 1 radical (unpaired) electrons. The van der Waals surface area contributed by atoms with Crippen molar-refractivity contribution in [3.63, 3.8) is 0 Å². The molecule has 69 valence electrons. The molecule has 1 aliphatic heterocycles. The number of anilines is 1. The van der Waals surface area contributed by atoms with Crippen LogP contribution < -0.4 is 10.6 Å². The summed E-state index contributed by atoms with van der Waals surface area (Å²) < 4.78 is 0. The summed E-state index contributed by atoms with van der Waals surface area (Å²) in [6.45, 7) is 2.83. The van der Waals surface area contributed by atoms with Crippen LogP contribution in [0.15, 0.2) is 24.3 Å². The molecule has 0 spiro atoms. The summed E-state index contributed by atoms with van der Waals surface area (Å²) in [6, 6.07) is 8.38. The second-order valence-electron chi connectivity index (χ2n) is 3.36. The van der Waals surface area contributed by atoms with Gasteiger partial charge in [-0.25, -0.2) is 0 Å². The Balaban J connectivity index is 2.26. The molecule has 0 amide bonds. The van der Waals surface area contributed by atoms with Gasteiger partial charge in [0, 0.05) is 25.3 Å². The SMILES string of the molecule is NCc1ccccc1N1C[CH]CC1. The van der Waals surface area contributed by atoms with Crippen molar-refractivity contribution >= 4 is 5.69 Å². The van der Waals surface area contributed by atoms with Crippen LogP contribution in [0.3, 0.4) is 0 Å². The van der Waals surface area contributed by atoms with E-state index in [2.05, 4.69) is 29.5 Å². The summed E-state index contributed by atoms with van der Waals surface area (Å²) in [4.78, 5) is 2.38. The molecular weight excluding hydrogens is 160 g/mol. The quantitative estimate of drug-likeness (QED) is 0.739. The first-order valence-electron chi connectivity index (χ1n) is 4.76. The minimum Gasteiger partial charge on any atom is -0.371 e. The Labute approximate surface area is 79.4 Å². The molecule has 0 aromatic heterocycles. The van der Waals surface area contributed by atoms with Gasteiger partial charge in [-0.3, -0.25) is 0 Å². The molecule has 1 aromatic carbocycles. The molecule has 2 rings (SSSR count). The van der Waals surface area contributed by atoms with Crippen LogP contribution in [-0.4, -0.2) is 13.1 Å². The number of benzene rings is 1. The zero-order valence-corrected chi connectivity index (χ0v) is 7.74. The number of hydrogen-bond donors (Lipinski definition) is 1. The highest BCUT2D eigenvalue weighted by atomic mass is 15.1. The molecule has 0 unspecified atom stereocenters. The van der Waals surface area contributed by atoms with E-state index in [1.165, 1.54) is 17.7 Å². The Hall–Kier alpha value is -1.02. The first-order valence-corrected chi connectivity index (χ1v) is 4.76. The minimum absolute atomic E-state index is 0.632. The highest BCUT2D eigenvalue weighted by Gasteiger charge is 2.14. The standard InChI is InChI=1S/C11H15N2/c12-9-10-5-1-2-6-11(10)13-7-3-4-8-13/h1-3,5-6H,4,7-9,12H2. The van der Waals surface area contributed by atoms with E-state index < -0.39 is 0 Å². The van der Waals surface area contributed by atoms with Crippen LogP contribution in [0.1, 0.15) is 12.0 Å². The number of rotatable bonds is 2. The van der Waals surface area contributed by atoms with Crippen molar-refractivity contribution < 1.29 is 0 Å². The summed E-state index contributed by atoms with van der Waals surface area (Å²) >= 11 is 0. The van der Waals surface area contributed by atoms with Crippen LogP contribution >= 0.6 is 0 Å². The highest BCUT2D eigenvalue weighted by Crippen LogP contribution is 2.23. The van der Waals surface area contributed by atoms with Crippen molar-refractivity contribution in [1.29, 1.82) is 0 Å². The van der Waals surface area contributed by atoms with Crippen molar-refractivity contribution in [2.24, 2.45) is 5.73 Å². The van der Waals surface area contributed by atoms with Crippen molar-refractivity contribution in [1.82, 2.24) is 0 Å². The van der Waals surface area contributed by atoms with Gasteiger partial charge < -0.3 is 10.6 Å². The summed E-state index contributed by atoms with van der Waals surface area (Å²) in [6.07, 6.45) is 3.51. The smallest absolute Gasteiger partial charge is 0.0411 e. The monoisotopic (exact) mass is 175 g/mol. The third kappa shape index (κ3) is 1.68. The molecule has 1 aromatic rings. The van der Waals surface area contributed by atoms with E-state index in [4.69, 9.17) is 5.73 Å². The van der Waals surface area contributed by atoms with E-state index in [1.807, 2.05) is 6.07 Å². The third-order valence-electron chi connectivity index (χ3n) is 2.50. The number of hydrogen-bond acceptors (Lipinski definition) is 2. The predicted octanol–water partition coefficient (Wildman–Crippen LogP) is 1.56. The number of nitrogens with zero attached hydrogens (tertiary/aromatic N) is 1. The van der Waals surface area contributed by atoms with Gasteiger partial charge in [0.15, 0.2) is 0 Å². The molecule has 0 bridgehead atoms. The Morgan fingerprint density at radius 2 is 2.15 bits per heavy atom. The molecule has 2 nitrogen and oxygen atoms in total. The topological polar surface area (TPSA) is 29.3 Å². The minimum atomic E-state index is 0.632. The van der Waals surface area contributed by atoms with Crippen LogP contribution in [0.25, 0.3) is 0 Å². The van der Waals surface area contributed by atoms with Crippen LogP contribution in [0.2, 0.25) is 0 Å². The fourth-order valence-corrected chi connectivity index (χ4v) is 1.80. The maximum atomic E-state index is 5.68. The van der Waals surface area contributed by atoms with Crippen molar-refractivity contribution in [2.45, 2.75) is 13.0 Å². The highest BCUT2D eigenvalue weighted by molar-refractivity contribution is 5.54. The van der Waals surface area contributed by atoms with Gasteiger partial charge in [0.1, 0.15) is 0 Å². The fraction of sp³-hybridized carbons (Fsp3) is 0.364. The van der Waals surface area contributed by atoms with E-state index in [0.717, 1.165) is 13.1 Å². The van der Waals surface area contributed by atoms with Gasteiger partial charge in [-0.1, -0.05) is 18.2 Å². The molecule has 1 saturated heterocycles. The zero-order chi connectivity index (χ0) is 9.10. The maximum absolute atomic E-state index is 5.68. The summed E-state index contributed by atoms with van der Waals surface area (Å²) in [5.41, 5.74) is 8.23. The van der Waals surface area contributed by atoms with Gasteiger partial charge in [0.05, 0.1) is 0 Å². The molecule has 2 heteroatoms. The molecule has 0 atom stereocenters. The Morgan fingerprint density at radius 1 is 1.31 bits per heavy atom. The lowest BCUT2D eigenvalue weighted by atomic mass is 10.1. The maximum Gasteiger partial charge on any atom is 0.0411 e. The molecule has 0 saturated carbocycles. The summed E-state index contributed by atoms with van der Waals surface area (Å²) in [5.74, 6) is 0. The molecule has 1 aliphatic rings. The van der Waals surface area contributed by atoms with Crippen molar-refractivity contribution in [3.05, 3.63) is 36.2 Å². The average molecular weight is 175 g/mol. The molecule has 0 aliphatic carbocycles. The van der Waals surface area contributed by atoms with E-state index in [1.54, 1.807) is 0 Å². The Morgan fingerprint density at radius 3 is 2.85 bits per heavy atom. The number of para-hydroxylation sites is 1. The lowest BCUT2D eigenvalue weighted by Crippen LogP contribution is -2.20. The second-order valence-corrected chi connectivity index (χ2v) is 3.36. The molecule has 1 fully saturated rings. The van der Waals surface area contributed by atoms with Gasteiger partial charge in [0.25, 0.3) is 0 Å². The van der Waals surface area contributed by atoms with Crippen molar-refractivity contribution in [2.75, 3.05) is 18.0 Å². The van der Waals surface area contributed by atoms with Gasteiger partial charge in [0.2, 0.25) is 0 Å². The van der Waals surface area contributed by atoms with Crippen LogP contribution in [0.5, 0.6) is 0 Å². The van der Waals surface area contributed by atoms with Gasteiger partial charge in [-0.05, 0) is 24.5 Å². The van der Waals surface area contributed by atoms with Crippen LogP contribution in [-0.2, 0) is 6.54 Å². The Kier molecular flexibility index (Phi) is 2.50. The van der Waals surface area contributed by atoms with E-state index >= 15 is 0 Å². The lowest BCUT2D eigenvalue weighted by molar-refractivity contribution is 0.941. The normalized spacial score (nSPS) is 16.5. The molecular formula is C11H15N2. The van der Waals surface area contributed by atoms with Gasteiger partial charge in [-0.2, -0.15) is 0 Å². The summed E-state index contributed by atoms with van der Waals surface area (Å²) in [7, 11) is 0. The third-order valence-corrected chi connectivity index (χ3v) is 2.50. The molecule has 1 heterocycles. The molecule has 2 N–H and O–H groups in total. The van der Waals surface area contributed by atoms with Crippen molar-refractivity contribution in [3.8, 4) is 0 Å². The Bertz CT molecular complexity index is 277. The zero-order valence-electron chi connectivity index (χ0n) is 7.74. The number of nitrogens with two attached hydrogens (primary N) is 1.